The second-order valence-electron chi connectivity index (χ2n) is 10.5. The normalized spacial score (nSPS) is 15.8. The van der Waals surface area contributed by atoms with Gasteiger partial charge in [-0.25, -0.2) is 4.79 Å². The molecule has 38 heavy (non-hydrogen) atoms. The minimum Gasteiger partial charge on any atom is -0.483 e. The second kappa shape index (κ2) is 11.0. The standard InChI is InChI=1S/C28H30N4O3.CH2O2/c1-27(2,3)35-26(34)32-19-28(23-8-4-5-9-24(23)32)10-13-31(14-11-28)25(33)22-15-21(17-30-18-22)20-7-6-12-29-16-20;2-1-3/h4-9,12,15-18H,10-11,13-14,19H2,1-3H3;1H,(H,2,3). The summed E-state index contributed by atoms with van der Waals surface area (Å²) in [5.74, 6) is -0.0200. The van der Waals surface area contributed by atoms with Crippen molar-refractivity contribution in [1.29, 1.82) is 0 Å². The molecular formula is C29H32N4O5. The molecule has 1 spiro atoms. The number of hydrogen-bond acceptors (Lipinski definition) is 6. The van der Waals surface area contributed by atoms with Crippen molar-refractivity contribution < 1.29 is 24.2 Å². The van der Waals surface area contributed by atoms with Gasteiger partial charge in [0.2, 0.25) is 0 Å². The Kier molecular flexibility index (Phi) is 7.75. The Hall–Kier alpha value is -4.27. The van der Waals surface area contributed by atoms with Gasteiger partial charge in [-0.3, -0.25) is 24.5 Å². The predicted molar refractivity (Wildman–Crippen MR) is 143 cm³/mol. The molecule has 1 aromatic carbocycles. The maximum Gasteiger partial charge on any atom is 0.414 e. The van der Waals surface area contributed by atoms with Crippen LogP contribution in [0.4, 0.5) is 10.5 Å². The van der Waals surface area contributed by atoms with E-state index in [2.05, 4.69) is 16.0 Å². The average Bonchev–Trinajstić information content (AvgIpc) is 3.23. The van der Waals surface area contributed by atoms with Crippen molar-refractivity contribution in [1.82, 2.24) is 14.9 Å². The van der Waals surface area contributed by atoms with E-state index in [4.69, 9.17) is 14.6 Å². The summed E-state index contributed by atoms with van der Waals surface area (Å²) in [6.07, 6.45) is 8.11. The number of likely N-dealkylation sites (tertiary alicyclic amines) is 1. The van der Waals surface area contributed by atoms with Crippen molar-refractivity contribution in [2.75, 3.05) is 24.5 Å². The topological polar surface area (TPSA) is 113 Å². The first kappa shape index (κ1) is 26.8. The van der Waals surface area contributed by atoms with E-state index in [0.29, 0.717) is 25.2 Å². The molecule has 2 aliphatic heterocycles. The molecule has 0 saturated carbocycles. The Bertz CT molecular complexity index is 1300. The fourth-order valence-electron chi connectivity index (χ4n) is 5.11. The van der Waals surface area contributed by atoms with Crippen LogP contribution < -0.4 is 4.90 Å². The largest absolute Gasteiger partial charge is 0.483 e. The van der Waals surface area contributed by atoms with Crippen molar-refractivity contribution in [3.05, 3.63) is 78.4 Å². The molecule has 1 fully saturated rings. The lowest BCUT2D eigenvalue weighted by molar-refractivity contribution is -0.122. The molecule has 3 aromatic rings. The zero-order valence-electron chi connectivity index (χ0n) is 21.8. The van der Waals surface area contributed by atoms with E-state index in [0.717, 1.165) is 35.2 Å². The Balaban J connectivity index is 0.00000107. The van der Waals surface area contributed by atoms with Crippen LogP contribution in [0.3, 0.4) is 0 Å². The lowest BCUT2D eigenvalue weighted by Gasteiger charge is -2.40. The van der Waals surface area contributed by atoms with Crippen LogP contribution in [0.1, 0.15) is 49.5 Å². The van der Waals surface area contributed by atoms with E-state index in [1.165, 1.54) is 0 Å². The maximum absolute atomic E-state index is 13.3. The molecule has 0 aliphatic carbocycles. The minimum absolute atomic E-state index is 0.0200. The summed E-state index contributed by atoms with van der Waals surface area (Å²) in [6, 6.07) is 13.8. The van der Waals surface area contributed by atoms with Gasteiger partial charge in [-0.2, -0.15) is 0 Å². The molecular weight excluding hydrogens is 484 g/mol. The first-order valence-electron chi connectivity index (χ1n) is 12.5. The van der Waals surface area contributed by atoms with Crippen LogP contribution in [0.5, 0.6) is 0 Å². The fourth-order valence-corrected chi connectivity index (χ4v) is 5.11. The van der Waals surface area contributed by atoms with Gasteiger partial charge in [0.15, 0.2) is 0 Å². The van der Waals surface area contributed by atoms with E-state index in [-0.39, 0.29) is 23.9 Å². The van der Waals surface area contributed by atoms with E-state index in [1.54, 1.807) is 29.7 Å². The van der Waals surface area contributed by atoms with Crippen LogP contribution in [-0.4, -0.2) is 63.7 Å². The SMILES string of the molecule is CC(C)(C)OC(=O)N1CC2(CCN(C(=O)c3cncc(-c4cccnc4)c3)CC2)c2ccccc21.O=CO. The van der Waals surface area contributed by atoms with Crippen molar-refractivity contribution >= 4 is 24.2 Å². The lowest BCUT2D eigenvalue weighted by atomic mass is 9.74. The number of carboxylic acid groups (broad SMARTS) is 1. The highest BCUT2D eigenvalue weighted by atomic mass is 16.6. The highest BCUT2D eigenvalue weighted by Crippen LogP contribution is 2.47. The number of aromatic nitrogens is 2. The van der Waals surface area contributed by atoms with E-state index >= 15 is 0 Å². The van der Waals surface area contributed by atoms with E-state index in [1.807, 2.05) is 62.1 Å². The summed E-state index contributed by atoms with van der Waals surface area (Å²) < 4.78 is 5.69. The molecule has 0 bridgehead atoms. The van der Waals surface area contributed by atoms with Crippen LogP contribution in [0.15, 0.2) is 67.3 Å². The molecule has 0 radical (unpaired) electrons. The van der Waals surface area contributed by atoms with Crippen LogP contribution >= 0.6 is 0 Å². The number of carbonyl (C=O) groups excluding carboxylic acids is 2. The number of para-hydroxylation sites is 1. The number of hydrogen-bond donors (Lipinski definition) is 1. The number of pyridine rings is 2. The fraction of sp³-hybridized carbons (Fsp3) is 0.345. The van der Waals surface area contributed by atoms with Crippen LogP contribution in [0.2, 0.25) is 0 Å². The summed E-state index contributed by atoms with van der Waals surface area (Å²) >= 11 is 0. The lowest BCUT2D eigenvalue weighted by Crippen LogP contribution is -2.48. The number of fused-ring (bicyclic) bond motifs is 2. The van der Waals surface area contributed by atoms with E-state index < -0.39 is 5.60 Å². The molecule has 5 rings (SSSR count). The van der Waals surface area contributed by atoms with Crippen LogP contribution in [0.25, 0.3) is 11.1 Å². The van der Waals surface area contributed by atoms with Crippen LogP contribution in [0, 0.1) is 0 Å². The van der Waals surface area contributed by atoms with Crippen molar-refractivity contribution in [3.63, 3.8) is 0 Å². The summed E-state index contributed by atoms with van der Waals surface area (Å²) in [5, 5.41) is 6.89. The van der Waals surface area contributed by atoms with Gasteiger partial charge in [0.1, 0.15) is 5.60 Å². The van der Waals surface area contributed by atoms with Crippen molar-refractivity contribution in [2.24, 2.45) is 0 Å². The predicted octanol–water partition coefficient (Wildman–Crippen LogP) is 4.77. The monoisotopic (exact) mass is 516 g/mol. The Morgan fingerprint density at radius 1 is 1.00 bits per heavy atom. The Morgan fingerprint density at radius 3 is 2.34 bits per heavy atom. The number of nitrogens with zero attached hydrogens (tertiary/aromatic N) is 4. The Morgan fingerprint density at radius 2 is 1.68 bits per heavy atom. The number of anilines is 1. The molecule has 9 heteroatoms. The molecule has 2 aromatic heterocycles. The third-order valence-corrected chi connectivity index (χ3v) is 6.83. The number of ether oxygens (including phenoxy) is 1. The molecule has 1 saturated heterocycles. The van der Waals surface area contributed by atoms with Gasteiger partial charge in [-0.15, -0.1) is 0 Å². The smallest absolute Gasteiger partial charge is 0.414 e. The minimum atomic E-state index is -0.560. The van der Waals surface area contributed by atoms with Gasteiger partial charge in [0, 0.05) is 61.0 Å². The number of carbonyl (C=O) groups is 3. The molecule has 1 N–H and O–H groups in total. The number of rotatable bonds is 2. The number of benzene rings is 1. The van der Waals surface area contributed by atoms with E-state index in [9.17, 15) is 9.59 Å². The van der Waals surface area contributed by atoms with Crippen molar-refractivity contribution in [3.8, 4) is 11.1 Å². The molecule has 9 nitrogen and oxygen atoms in total. The quantitative estimate of drug-likeness (QED) is 0.488. The Labute approximate surface area is 222 Å². The molecule has 198 valence electrons. The maximum atomic E-state index is 13.3. The molecule has 4 heterocycles. The molecule has 0 atom stereocenters. The number of piperidine rings is 1. The average molecular weight is 517 g/mol. The molecule has 2 aliphatic rings. The summed E-state index contributed by atoms with van der Waals surface area (Å²) in [7, 11) is 0. The zero-order valence-corrected chi connectivity index (χ0v) is 21.8. The first-order chi connectivity index (χ1) is 18.2. The summed E-state index contributed by atoms with van der Waals surface area (Å²) in [5.41, 5.74) is 3.71. The highest BCUT2D eigenvalue weighted by Gasteiger charge is 2.47. The van der Waals surface area contributed by atoms with Crippen LogP contribution in [-0.2, 0) is 14.9 Å². The van der Waals surface area contributed by atoms with Gasteiger partial charge in [-0.05, 0) is 57.4 Å². The van der Waals surface area contributed by atoms with Crippen molar-refractivity contribution in [2.45, 2.75) is 44.6 Å². The van der Waals surface area contributed by atoms with Gasteiger partial charge in [0.05, 0.1) is 11.3 Å². The third kappa shape index (κ3) is 5.66. The first-order valence-corrected chi connectivity index (χ1v) is 12.5. The van der Waals surface area contributed by atoms with Gasteiger partial charge >= 0.3 is 6.09 Å². The highest BCUT2D eigenvalue weighted by molar-refractivity contribution is 5.95. The summed E-state index contributed by atoms with van der Waals surface area (Å²) in [6.45, 7) is 7.20. The molecule has 0 unspecified atom stereocenters. The van der Waals surface area contributed by atoms with Gasteiger partial charge in [-0.1, -0.05) is 24.3 Å². The third-order valence-electron chi connectivity index (χ3n) is 6.83. The molecule has 2 amide bonds. The number of amides is 2. The van der Waals surface area contributed by atoms with Gasteiger partial charge < -0.3 is 14.7 Å². The second-order valence-corrected chi connectivity index (χ2v) is 10.5. The van der Waals surface area contributed by atoms with Gasteiger partial charge in [0.25, 0.3) is 12.4 Å². The summed E-state index contributed by atoms with van der Waals surface area (Å²) in [4.78, 5) is 46.8. The zero-order chi connectivity index (χ0) is 27.3.